The Morgan fingerprint density at radius 1 is 1.38 bits per heavy atom. The van der Waals surface area contributed by atoms with E-state index < -0.39 is 5.56 Å². The maximum absolute atomic E-state index is 12.4. The topological polar surface area (TPSA) is 73.2 Å². The van der Waals surface area contributed by atoms with E-state index in [1.807, 2.05) is 25.1 Å². The number of esters is 1. The molecule has 0 radical (unpaired) electrons. The van der Waals surface area contributed by atoms with Crippen molar-refractivity contribution in [3.05, 3.63) is 51.9 Å². The number of para-hydroxylation sites is 1. The molecule has 1 aromatic heterocycles. The van der Waals surface area contributed by atoms with Gasteiger partial charge in [0, 0.05) is 12.5 Å². The molecule has 0 unspecified atom stereocenters. The molecule has 0 fully saturated rings. The lowest BCUT2D eigenvalue weighted by atomic mass is 10.2. The van der Waals surface area contributed by atoms with E-state index >= 15 is 0 Å². The average Bonchev–Trinajstić information content (AvgIpc) is 2.58. The van der Waals surface area contributed by atoms with E-state index in [0.717, 1.165) is 0 Å². The van der Waals surface area contributed by atoms with Gasteiger partial charge in [-0.1, -0.05) is 29.8 Å². The number of anilines is 1. The molecule has 7 heteroatoms. The van der Waals surface area contributed by atoms with Gasteiger partial charge < -0.3 is 10.1 Å². The number of rotatable bonds is 7. The van der Waals surface area contributed by atoms with Crippen LogP contribution in [0.5, 0.6) is 0 Å². The van der Waals surface area contributed by atoms with Gasteiger partial charge in [0.25, 0.3) is 5.56 Å². The quantitative estimate of drug-likeness (QED) is 0.778. The minimum atomic E-state index is -0.398. The average molecular weight is 350 g/mol. The Kier molecular flexibility index (Phi) is 6.37. The Morgan fingerprint density at radius 2 is 2.08 bits per heavy atom. The number of halogens is 1. The van der Waals surface area contributed by atoms with Crippen LogP contribution in [0.15, 0.2) is 41.3 Å². The molecule has 0 amide bonds. The molecule has 2 rings (SSSR count). The van der Waals surface area contributed by atoms with Gasteiger partial charge in [-0.15, -0.1) is 0 Å². The smallest absolute Gasteiger partial charge is 0.305 e. The lowest BCUT2D eigenvalue weighted by molar-refractivity contribution is -0.143. The summed E-state index contributed by atoms with van der Waals surface area (Å²) in [4.78, 5) is 23.8. The summed E-state index contributed by atoms with van der Waals surface area (Å²) in [5.74, 6) is -0.241. The molecular weight excluding hydrogens is 330 g/mol. The number of hydrogen-bond acceptors (Lipinski definition) is 5. The first-order valence-corrected chi connectivity index (χ1v) is 8.16. The number of carbonyl (C=O) groups is 1. The Morgan fingerprint density at radius 3 is 2.75 bits per heavy atom. The molecular formula is C17H20ClN3O3. The molecule has 1 atom stereocenters. The monoisotopic (exact) mass is 349 g/mol. The second-order valence-electron chi connectivity index (χ2n) is 5.31. The molecule has 0 spiro atoms. The zero-order valence-corrected chi connectivity index (χ0v) is 14.4. The van der Waals surface area contributed by atoms with Crippen molar-refractivity contribution in [2.75, 3.05) is 11.9 Å². The highest BCUT2D eigenvalue weighted by Crippen LogP contribution is 2.18. The summed E-state index contributed by atoms with van der Waals surface area (Å²) < 4.78 is 6.14. The molecule has 1 N–H and O–H groups in total. The summed E-state index contributed by atoms with van der Waals surface area (Å²) in [6, 6.07) is 9.00. The second kappa shape index (κ2) is 8.49. The van der Waals surface area contributed by atoms with Crippen molar-refractivity contribution < 1.29 is 9.53 Å². The summed E-state index contributed by atoms with van der Waals surface area (Å²) in [5.41, 5.74) is 0.696. The number of ether oxygens (including phenoxy) is 1. The lowest BCUT2D eigenvalue weighted by Crippen LogP contribution is -2.25. The number of benzene rings is 1. The molecule has 24 heavy (non-hydrogen) atoms. The Hall–Kier alpha value is -2.34. The van der Waals surface area contributed by atoms with Crippen LogP contribution in [0.4, 0.5) is 5.69 Å². The molecule has 0 saturated heterocycles. The van der Waals surface area contributed by atoms with Gasteiger partial charge in [-0.25, -0.2) is 0 Å². The Labute approximate surface area is 145 Å². The van der Waals surface area contributed by atoms with Crippen LogP contribution in [-0.2, 0) is 9.53 Å². The minimum absolute atomic E-state index is 0.0549. The molecule has 0 aliphatic heterocycles. The van der Waals surface area contributed by atoms with Crippen LogP contribution in [0.3, 0.4) is 0 Å². The van der Waals surface area contributed by atoms with E-state index in [9.17, 15) is 9.59 Å². The van der Waals surface area contributed by atoms with E-state index in [0.29, 0.717) is 30.8 Å². The Bertz CT molecular complexity index is 746. The van der Waals surface area contributed by atoms with Crippen molar-refractivity contribution in [3.8, 4) is 5.69 Å². The lowest BCUT2D eigenvalue weighted by Gasteiger charge is -2.16. The van der Waals surface area contributed by atoms with Crippen LogP contribution in [0.25, 0.3) is 5.69 Å². The molecule has 0 aliphatic rings. The fourth-order valence-corrected chi connectivity index (χ4v) is 2.38. The van der Waals surface area contributed by atoms with E-state index in [-0.39, 0.29) is 17.0 Å². The van der Waals surface area contributed by atoms with Crippen LogP contribution >= 0.6 is 11.6 Å². The first kappa shape index (κ1) is 18.0. The van der Waals surface area contributed by atoms with Crippen molar-refractivity contribution in [2.45, 2.75) is 32.7 Å². The van der Waals surface area contributed by atoms with Gasteiger partial charge in [-0.05, 0) is 32.4 Å². The summed E-state index contributed by atoms with van der Waals surface area (Å²) >= 11 is 6.18. The molecule has 1 aromatic carbocycles. The van der Waals surface area contributed by atoms with Crippen LogP contribution < -0.4 is 10.9 Å². The standard InChI is InChI=1S/C17H20ClN3O3/c1-3-24-15(22)10-9-12(2)20-14-11-19-21(17(23)16(14)18)13-7-5-4-6-8-13/h4-8,11-12,20H,3,9-10H2,1-2H3/t12-/m1/s1. The van der Waals surface area contributed by atoms with Gasteiger partial charge >= 0.3 is 5.97 Å². The third-order valence-corrected chi connectivity index (χ3v) is 3.77. The molecule has 6 nitrogen and oxygen atoms in total. The first-order valence-electron chi connectivity index (χ1n) is 7.78. The van der Waals surface area contributed by atoms with Crippen LogP contribution in [0, 0.1) is 0 Å². The summed E-state index contributed by atoms with van der Waals surface area (Å²) in [6.07, 6.45) is 2.38. The van der Waals surface area contributed by atoms with Gasteiger partial charge in [0.15, 0.2) is 0 Å². The maximum Gasteiger partial charge on any atom is 0.305 e. The zero-order valence-electron chi connectivity index (χ0n) is 13.7. The van der Waals surface area contributed by atoms with E-state index in [1.54, 1.807) is 19.1 Å². The van der Waals surface area contributed by atoms with Gasteiger partial charge in [-0.3, -0.25) is 9.59 Å². The van der Waals surface area contributed by atoms with Gasteiger partial charge in [0.1, 0.15) is 5.02 Å². The zero-order chi connectivity index (χ0) is 17.5. The minimum Gasteiger partial charge on any atom is -0.466 e. The normalized spacial score (nSPS) is 11.8. The molecule has 0 saturated carbocycles. The van der Waals surface area contributed by atoms with Crippen LogP contribution in [-0.4, -0.2) is 28.4 Å². The van der Waals surface area contributed by atoms with E-state index in [2.05, 4.69) is 10.4 Å². The highest BCUT2D eigenvalue weighted by molar-refractivity contribution is 6.32. The summed E-state index contributed by atoms with van der Waals surface area (Å²) in [6.45, 7) is 4.04. The maximum atomic E-state index is 12.4. The van der Waals surface area contributed by atoms with Crippen molar-refractivity contribution in [1.82, 2.24) is 9.78 Å². The fourth-order valence-electron chi connectivity index (χ4n) is 2.19. The second-order valence-corrected chi connectivity index (χ2v) is 5.69. The number of hydrogen-bond donors (Lipinski definition) is 1. The van der Waals surface area contributed by atoms with Crippen molar-refractivity contribution in [3.63, 3.8) is 0 Å². The number of nitrogens with zero attached hydrogens (tertiary/aromatic N) is 2. The third kappa shape index (κ3) is 4.58. The van der Waals surface area contributed by atoms with E-state index in [1.165, 1.54) is 10.9 Å². The molecule has 0 aliphatic carbocycles. The first-order chi connectivity index (χ1) is 11.5. The van der Waals surface area contributed by atoms with Crippen LogP contribution in [0.2, 0.25) is 5.02 Å². The molecule has 2 aromatic rings. The predicted molar refractivity (Wildman–Crippen MR) is 93.8 cm³/mol. The summed E-state index contributed by atoms with van der Waals surface area (Å²) in [5, 5.41) is 7.33. The Balaban J connectivity index is 2.08. The number of nitrogens with one attached hydrogen (secondary N) is 1. The molecule has 1 heterocycles. The van der Waals surface area contributed by atoms with Crippen molar-refractivity contribution >= 4 is 23.3 Å². The third-order valence-electron chi connectivity index (χ3n) is 3.41. The van der Waals surface area contributed by atoms with Crippen LogP contribution in [0.1, 0.15) is 26.7 Å². The highest BCUT2D eigenvalue weighted by atomic mass is 35.5. The molecule has 128 valence electrons. The molecule has 0 bridgehead atoms. The highest BCUT2D eigenvalue weighted by Gasteiger charge is 2.13. The van der Waals surface area contributed by atoms with Gasteiger partial charge in [0.05, 0.1) is 24.2 Å². The van der Waals surface area contributed by atoms with Gasteiger partial charge in [-0.2, -0.15) is 9.78 Å². The van der Waals surface area contributed by atoms with Gasteiger partial charge in [0.2, 0.25) is 0 Å². The van der Waals surface area contributed by atoms with Crippen molar-refractivity contribution in [2.24, 2.45) is 0 Å². The number of aromatic nitrogens is 2. The fraction of sp³-hybridized carbons (Fsp3) is 0.353. The predicted octanol–water partition coefficient (Wildman–Crippen LogP) is 3.03. The van der Waals surface area contributed by atoms with E-state index in [4.69, 9.17) is 16.3 Å². The largest absolute Gasteiger partial charge is 0.466 e. The summed E-state index contributed by atoms with van der Waals surface area (Å²) in [7, 11) is 0. The van der Waals surface area contributed by atoms with Crippen molar-refractivity contribution in [1.29, 1.82) is 0 Å². The SMILES string of the molecule is CCOC(=O)CC[C@@H](C)Nc1cnn(-c2ccccc2)c(=O)c1Cl. The number of carbonyl (C=O) groups excluding carboxylic acids is 1.